The summed E-state index contributed by atoms with van der Waals surface area (Å²) in [4.78, 5) is 10.1. The summed E-state index contributed by atoms with van der Waals surface area (Å²) in [6.07, 6.45) is -2.27. The highest BCUT2D eigenvalue weighted by molar-refractivity contribution is 6.33. The number of nitrogens with one attached hydrogen (secondary N) is 2. The number of anilines is 1. The van der Waals surface area contributed by atoms with Crippen LogP contribution in [0, 0.1) is 17.2 Å². The number of hydrogen-bond acceptors (Lipinski definition) is 5. The Kier molecular flexibility index (Phi) is 10.6. The van der Waals surface area contributed by atoms with Crippen LogP contribution in [0.5, 0.6) is 0 Å². The third-order valence-electron chi connectivity index (χ3n) is 9.17. The van der Waals surface area contributed by atoms with Crippen LogP contribution in [-0.2, 0) is 10.3 Å². The molecule has 6 aromatic rings. The van der Waals surface area contributed by atoms with Gasteiger partial charge >= 0.3 is 6.18 Å². The van der Waals surface area contributed by atoms with Crippen LogP contribution in [-0.4, -0.2) is 41.9 Å². The van der Waals surface area contributed by atoms with Crippen molar-refractivity contribution in [3.63, 3.8) is 0 Å². The van der Waals surface area contributed by atoms with E-state index in [-0.39, 0.29) is 12.0 Å². The van der Waals surface area contributed by atoms with Gasteiger partial charge in [-0.2, -0.15) is 23.5 Å². The zero-order chi connectivity index (χ0) is 36.0. The van der Waals surface area contributed by atoms with Gasteiger partial charge in [0.25, 0.3) is 0 Å². The van der Waals surface area contributed by atoms with Gasteiger partial charge in [-0.3, -0.25) is 0 Å². The molecular formula is C41H35ClF3N5O. The van der Waals surface area contributed by atoms with E-state index in [4.69, 9.17) is 16.7 Å². The number of hydrogen-bond donors (Lipinski definition) is 2. The third kappa shape index (κ3) is 7.39. The summed E-state index contributed by atoms with van der Waals surface area (Å²) in [6.45, 7) is -0.955. The molecule has 0 saturated heterocycles. The Morgan fingerprint density at radius 3 is 1.92 bits per heavy atom. The topological polar surface area (TPSA) is 82.7 Å². The first-order valence-corrected chi connectivity index (χ1v) is 16.9. The van der Waals surface area contributed by atoms with E-state index in [1.165, 1.54) is 0 Å². The molecule has 0 amide bonds. The highest BCUT2D eigenvalue weighted by Crippen LogP contribution is 2.44. The number of aldehydes is 1. The number of fused-ring (bicyclic) bond motifs is 1. The van der Waals surface area contributed by atoms with Crippen LogP contribution in [0.4, 0.5) is 19.0 Å². The summed E-state index contributed by atoms with van der Waals surface area (Å²) in [5.74, 6) is 0.724. The molecule has 1 fully saturated rings. The maximum Gasteiger partial charge on any atom is 0.401 e. The van der Waals surface area contributed by atoms with E-state index in [1.54, 1.807) is 12.1 Å². The summed E-state index contributed by atoms with van der Waals surface area (Å²) >= 11 is 6.58. The van der Waals surface area contributed by atoms with Gasteiger partial charge in [0.1, 0.15) is 11.8 Å². The Morgan fingerprint density at radius 2 is 1.43 bits per heavy atom. The van der Waals surface area contributed by atoms with E-state index < -0.39 is 18.3 Å². The monoisotopic (exact) mass is 705 g/mol. The second-order valence-corrected chi connectivity index (χ2v) is 12.8. The predicted octanol–water partition coefficient (Wildman–Crippen LogP) is 9.23. The number of carbonyl (C=O) groups excluding carboxylic acids is 1. The molecule has 0 aliphatic heterocycles. The highest BCUT2D eigenvalue weighted by Gasteiger charge is 2.41. The molecule has 0 atom stereocenters. The van der Waals surface area contributed by atoms with E-state index in [9.17, 15) is 23.2 Å². The van der Waals surface area contributed by atoms with Crippen LogP contribution in [0.25, 0.3) is 22.0 Å². The third-order valence-corrected chi connectivity index (χ3v) is 9.50. The quantitative estimate of drug-likeness (QED) is 0.116. The van der Waals surface area contributed by atoms with Crippen molar-refractivity contribution in [3.8, 4) is 17.2 Å². The number of alkyl halides is 3. The molecule has 1 aromatic heterocycles. The van der Waals surface area contributed by atoms with Crippen molar-refractivity contribution in [1.82, 2.24) is 15.1 Å². The molecule has 1 heterocycles. The van der Waals surface area contributed by atoms with Crippen LogP contribution in [0.1, 0.15) is 35.1 Å². The van der Waals surface area contributed by atoms with Crippen molar-refractivity contribution < 1.29 is 18.0 Å². The molecule has 5 aromatic carbocycles. The SMILES string of the molecule is CNc1nn(C(c2ccccc2)(c2ccccc2)c2ccccc2)c2ccc(-c3cc(C#N)ccc3Cl)cc12.O=CC1CC(NCC(F)(F)F)C1. The van der Waals surface area contributed by atoms with Crippen LogP contribution < -0.4 is 10.6 Å². The average Bonchev–Trinajstić information content (AvgIpc) is 3.51. The van der Waals surface area contributed by atoms with Crippen LogP contribution in [0.3, 0.4) is 0 Å². The molecule has 6 nitrogen and oxygen atoms in total. The molecule has 0 spiro atoms. The van der Waals surface area contributed by atoms with Gasteiger partial charge in [0.15, 0.2) is 5.82 Å². The highest BCUT2D eigenvalue weighted by atomic mass is 35.5. The Balaban J connectivity index is 0.000000318. The molecule has 0 bridgehead atoms. The number of nitrogens with zero attached hydrogens (tertiary/aromatic N) is 3. The van der Waals surface area contributed by atoms with Gasteiger partial charge in [0.2, 0.25) is 0 Å². The second kappa shape index (κ2) is 15.2. The lowest BCUT2D eigenvalue weighted by atomic mass is 9.77. The molecule has 51 heavy (non-hydrogen) atoms. The first-order chi connectivity index (χ1) is 24.7. The summed E-state index contributed by atoms with van der Waals surface area (Å²) in [6, 6.07) is 45.2. The Bertz CT molecular complexity index is 2050. The molecule has 0 radical (unpaired) electrons. The molecule has 1 aliphatic carbocycles. The van der Waals surface area contributed by atoms with E-state index in [1.807, 2.05) is 37.4 Å². The van der Waals surface area contributed by atoms with Crippen molar-refractivity contribution in [1.29, 1.82) is 5.26 Å². The van der Waals surface area contributed by atoms with Crippen molar-refractivity contribution >= 4 is 34.6 Å². The van der Waals surface area contributed by atoms with Crippen molar-refractivity contribution in [2.24, 2.45) is 5.92 Å². The number of halogens is 4. The second-order valence-electron chi connectivity index (χ2n) is 12.4. The number of benzene rings is 5. The van der Waals surface area contributed by atoms with Crippen molar-refractivity contribution in [2.75, 3.05) is 18.9 Å². The lowest BCUT2D eigenvalue weighted by Crippen LogP contribution is -2.45. The van der Waals surface area contributed by atoms with Crippen molar-refractivity contribution in [2.45, 2.75) is 30.6 Å². The van der Waals surface area contributed by atoms with Crippen LogP contribution in [0.15, 0.2) is 127 Å². The smallest absolute Gasteiger partial charge is 0.371 e. The minimum Gasteiger partial charge on any atom is -0.371 e. The Labute approximate surface area is 299 Å². The molecule has 258 valence electrons. The lowest BCUT2D eigenvalue weighted by Gasteiger charge is -2.37. The van der Waals surface area contributed by atoms with Gasteiger partial charge in [0, 0.05) is 35.0 Å². The molecule has 10 heteroatoms. The maximum absolute atomic E-state index is 11.6. The van der Waals surface area contributed by atoms with Crippen LogP contribution >= 0.6 is 11.6 Å². The fourth-order valence-electron chi connectivity index (χ4n) is 6.65. The van der Waals surface area contributed by atoms with Crippen LogP contribution in [0.2, 0.25) is 5.02 Å². The number of aromatic nitrogens is 2. The normalized spacial score (nSPS) is 15.6. The largest absolute Gasteiger partial charge is 0.401 e. The molecule has 1 saturated carbocycles. The van der Waals surface area contributed by atoms with E-state index in [2.05, 4.69) is 106 Å². The number of rotatable bonds is 9. The summed E-state index contributed by atoms with van der Waals surface area (Å²) in [5, 5.41) is 21.9. The van der Waals surface area contributed by atoms with Gasteiger partial charge in [-0.1, -0.05) is 109 Å². The van der Waals surface area contributed by atoms with Gasteiger partial charge in [-0.05, 0) is 65.4 Å². The Hall–Kier alpha value is -5.43. The zero-order valence-electron chi connectivity index (χ0n) is 27.7. The van der Waals surface area contributed by atoms with Gasteiger partial charge < -0.3 is 15.4 Å². The molecule has 7 rings (SSSR count). The van der Waals surface area contributed by atoms with E-state index in [0.29, 0.717) is 23.4 Å². The first-order valence-electron chi connectivity index (χ1n) is 16.5. The van der Waals surface area contributed by atoms with Gasteiger partial charge in [-0.15, -0.1) is 0 Å². The fourth-order valence-corrected chi connectivity index (χ4v) is 6.87. The average molecular weight is 706 g/mol. The molecule has 2 N–H and O–H groups in total. The van der Waals surface area contributed by atoms with Gasteiger partial charge in [0.05, 0.1) is 23.7 Å². The molecule has 1 aliphatic rings. The van der Waals surface area contributed by atoms with E-state index in [0.717, 1.165) is 50.8 Å². The molecule has 0 unspecified atom stereocenters. The summed E-state index contributed by atoms with van der Waals surface area (Å²) in [5.41, 5.74) is 5.83. The lowest BCUT2D eigenvalue weighted by molar-refractivity contribution is -0.128. The number of carbonyl (C=O) groups is 1. The van der Waals surface area contributed by atoms with E-state index >= 15 is 0 Å². The molecular weight excluding hydrogens is 671 g/mol. The fraction of sp³-hybridized carbons (Fsp3) is 0.195. The van der Waals surface area contributed by atoms with Crippen molar-refractivity contribution in [3.05, 3.63) is 155 Å². The minimum atomic E-state index is -4.15. The maximum atomic E-state index is 11.6. The zero-order valence-corrected chi connectivity index (χ0v) is 28.5. The van der Waals surface area contributed by atoms with Gasteiger partial charge in [-0.25, -0.2) is 4.68 Å². The minimum absolute atomic E-state index is 0.0317. The standard InChI is InChI=1S/C34H25ClN4.C7H10F3NO/c1-37-33-30-22-25(29-21-24(23-36)17-19-31(29)35)18-20-32(30)39(38-33)34(26-11-5-2-6-12-26,27-13-7-3-8-14-27)28-15-9-4-10-16-28;8-7(9,10)4-11-6-1-5(2-6)3-12/h2-22H,1H3,(H,37,38);3,5-6,11H,1-2,4H2. The Morgan fingerprint density at radius 1 is 0.863 bits per heavy atom. The summed E-state index contributed by atoms with van der Waals surface area (Å²) < 4.78 is 37.0. The number of nitriles is 1. The first kappa shape index (κ1) is 35.4. The predicted molar refractivity (Wildman–Crippen MR) is 196 cm³/mol. The summed E-state index contributed by atoms with van der Waals surface area (Å²) in [7, 11) is 1.89.